The molecule has 0 aromatic heterocycles. The van der Waals surface area contributed by atoms with Gasteiger partial charge < -0.3 is 0 Å². The second-order valence-corrected chi connectivity index (χ2v) is 8.57. The van der Waals surface area contributed by atoms with Crippen LogP contribution in [0, 0.1) is 11.8 Å². The maximum atomic E-state index is 12.8. The van der Waals surface area contributed by atoms with Gasteiger partial charge in [-0.3, -0.25) is 13.8 Å². The van der Waals surface area contributed by atoms with Gasteiger partial charge in [-0.15, -0.1) is 0 Å². The highest BCUT2D eigenvalue weighted by Gasteiger charge is 2.73. The van der Waals surface area contributed by atoms with Gasteiger partial charge in [0.05, 0.1) is 27.0 Å². The number of carbonyl (C=O) groups is 2. The molecule has 2 bridgehead atoms. The number of rotatable bonds is 1. The maximum absolute atomic E-state index is 12.8. The lowest BCUT2D eigenvalue weighted by Gasteiger charge is -2.23. The van der Waals surface area contributed by atoms with E-state index in [-0.39, 0.29) is 11.8 Å². The molecule has 21 heavy (non-hydrogen) atoms. The molecule has 2 amide bonds. The zero-order valence-corrected chi connectivity index (χ0v) is 12.6. The van der Waals surface area contributed by atoms with Crippen molar-refractivity contribution in [1.29, 1.82) is 0 Å². The molecule has 0 spiro atoms. The van der Waals surface area contributed by atoms with Crippen molar-refractivity contribution in [2.24, 2.45) is 11.8 Å². The topological polar surface area (TPSA) is 54.5 Å². The van der Waals surface area contributed by atoms with Crippen molar-refractivity contribution in [2.75, 3.05) is 4.90 Å². The molecule has 108 valence electrons. The molecule has 1 aromatic rings. The van der Waals surface area contributed by atoms with E-state index in [1.54, 1.807) is 24.3 Å². The van der Waals surface area contributed by atoms with Gasteiger partial charge in [0.15, 0.2) is 0 Å². The van der Waals surface area contributed by atoms with Crippen molar-refractivity contribution in [2.45, 2.75) is 23.3 Å². The van der Waals surface area contributed by atoms with Crippen LogP contribution in [-0.4, -0.2) is 25.5 Å². The number of imide groups is 1. The predicted molar refractivity (Wildman–Crippen MR) is 80.0 cm³/mol. The van der Waals surface area contributed by atoms with Crippen molar-refractivity contribution in [3.8, 4) is 0 Å². The molecule has 2 saturated heterocycles. The van der Waals surface area contributed by atoms with Gasteiger partial charge >= 0.3 is 0 Å². The van der Waals surface area contributed by atoms with Crippen LogP contribution in [0.3, 0.4) is 0 Å². The van der Waals surface area contributed by atoms with Gasteiger partial charge in [-0.2, -0.15) is 0 Å². The zero-order valence-electron chi connectivity index (χ0n) is 11.8. The molecule has 5 heteroatoms. The second kappa shape index (κ2) is 3.71. The van der Waals surface area contributed by atoms with E-state index in [1.807, 2.05) is 32.1 Å². The van der Waals surface area contributed by atoms with E-state index in [4.69, 9.17) is 0 Å². The van der Waals surface area contributed by atoms with Crippen LogP contribution in [0.2, 0.25) is 0 Å². The van der Waals surface area contributed by atoms with E-state index in [1.165, 1.54) is 4.90 Å². The number of carbonyl (C=O) groups excluding carboxylic acids is 2. The Kier molecular flexibility index (Phi) is 2.29. The largest absolute Gasteiger partial charge is 0.274 e. The maximum Gasteiger partial charge on any atom is 0.239 e. The van der Waals surface area contributed by atoms with Crippen molar-refractivity contribution >= 4 is 28.3 Å². The summed E-state index contributed by atoms with van der Waals surface area (Å²) in [6.45, 7) is 3.66. The normalized spacial score (nSPS) is 43.7. The first-order valence-electron chi connectivity index (χ1n) is 6.96. The molecule has 0 radical (unpaired) electrons. The minimum Gasteiger partial charge on any atom is -0.274 e. The molecular weight excluding hydrogens is 286 g/mol. The fourth-order valence-electron chi connectivity index (χ4n) is 4.02. The van der Waals surface area contributed by atoms with Crippen LogP contribution in [0.4, 0.5) is 5.69 Å². The highest BCUT2D eigenvalue weighted by molar-refractivity contribution is 7.89. The van der Waals surface area contributed by atoms with Crippen molar-refractivity contribution in [3.05, 3.63) is 42.5 Å². The Bertz CT molecular complexity index is 688. The number of benzene rings is 1. The number of hydrogen-bond acceptors (Lipinski definition) is 3. The van der Waals surface area contributed by atoms with Gasteiger partial charge in [0.1, 0.15) is 0 Å². The van der Waals surface area contributed by atoms with Gasteiger partial charge in [-0.05, 0) is 26.0 Å². The SMILES string of the molecule is CC12C=CC(C)(C3C(=O)N(c4ccccc4)C(=O)C31)S2=O. The standard InChI is InChI=1S/C16H15NO3S/c1-15-8-9-16(2,21(15)20)12-11(15)13(18)17(14(12)19)10-6-4-3-5-7-10/h3-9,11-12H,1-2H3. The number of anilines is 1. The van der Waals surface area contributed by atoms with E-state index >= 15 is 0 Å². The Morgan fingerprint density at radius 2 is 1.43 bits per heavy atom. The first-order valence-corrected chi connectivity index (χ1v) is 8.11. The first-order chi connectivity index (χ1) is 9.91. The monoisotopic (exact) mass is 301 g/mol. The van der Waals surface area contributed by atoms with Gasteiger partial charge in [-0.25, -0.2) is 4.90 Å². The van der Waals surface area contributed by atoms with Crippen LogP contribution in [0.15, 0.2) is 42.5 Å². The van der Waals surface area contributed by atoms with Gasteiger partial charge in [0, 0.05) is 10.8 Å². The molecule has 0 N–H and O–H groups in total. The average molecular weight is 301 g/mol. The van der Waals surface area contributed by atoms with Crippen LogP contribution in [0.5, 0.6) is 0 Å². The fourth-order valence-corrected chi connectivity index (χ4v) is 6.29. The lowest BCUT2D eigenvalue weighted by atomic mass is 9.73. The number of para-hydroxylation sites is 1. The Morgan fingerprint density at radius 3 is 1.90 bits per heavy atom. The Hall–Kier alpha value is -1.75. The van der Waals surface area contributed by atoms with Crippen LogP contribution in [0.25, 0.3) is 0 Å². The second-order valence-electron chi connectivity index (χ2n) is 6.27. The van der Waals surface area contributed by atoms with Gasteiger partial charge in [0.2, 0.25) is 11.8 Å². The van der Waals surface area contributed by atoms with Crippen LogP contribution >= 0.6 is 0 Å². The van der Waals surface area contributed by atoms with Gasteiger partial charge in [0.25, 0.3) is 0 Å². The molecule has 2 fully saturated rings. The summed E-state index contributed by atoms with van der Waals surface area (Å²) in [6, 6.07) is 8.97. The molecule has 4 unspecified atom stereocenters. The third-order valence-corrected chi connectivity index (χ3v) is 7.48. The van der Waals surface area contributed by atoms with Crippen LogP contribution in [0.1, 0.15) is 13.8 Å². The Balaban J connectivity index is 1.87. The predicted octanol–water partition coefficient (Wildman–Crippen LogP) is 1.64. The molecule has 4 rings (SSSR count). The lowest BCUT2D eigenvalue weighted by Crippen LogP contribution is -2.41. The highest BCUT2D eigenvalue weighted by Crippen LogP contribution is 2.59. The molecule has 3 aliphatic heterocycles. The third kappa shape index (κ3) is 1.28. The summed E-state index contributed by atoms with van der Waals surface area (Å²) >= 11 is 0. The summed E-state index contributed by atoms with van der Waals surface area (Å²) in [5.41, 5.74) is 0.597. The van der Waals surface area contributed by atoms with E-state index in [0.717, 1.165) is 0 Å². The molecule has 0 saturated carbocycles. The summed E-state index contributed by atoms with van der Waals surface area (Å²) in [4.78, 5) is 26.9. The summed E-state index contributed by atoms with van der Waals surface area (Å²) in [5.74, 6) is -1.47. The third-order valence-electron chi connectivity index (χ3n) is 5.10. The minimum absolute atomic E-state index is 0.222. The average Bonchev–Trinajstić information content (AvgIpc) is 2.95. The summed E-state index contributed by atoms with van der Waals surface area (Å²) < 4.78 is 11.2. The van der Waals surface area contributed by atoms with Gasteiger partial charge in [-0.1, -0.05) is 30.4 Å². The number of nitrogens with zero attached hydrogens (tertiary/aromatic N) is 1. The molecule has 3 heterocycles. The zero-order chi connectivity index (χ0) is 15.0. The van der Waals surface area contributed by atoms with Crippen molar-refractivity contribution < 1.29 is 13.8 Å². The quantitative estimate of drug-likeness (QED) is 0.585. The smallest absolute Gasteiger partial charge is 0.239 e. The Labute approximate surface area is 125 Å². The Morgan fingerprint density at radius 1 is 0.952 bits per heavy atom. The number of hydrogen-bond donors (Lipinski definition) is 0. The van der Waals surface area contributed by atoms with E-state index in [2.05, 4.69) is 0 Å². The number of fused-ring (bicyclic) bond motifs is 5. The molecule has 4 nitrogen and oxygen atoms in total. The van der Waals surface area contributed by atoms with Crippen molar-refractivity contribution in [1.82, 2.24) is 0 Å². The first kappa shape index (κ1) is 13.0. The summed E-state index contributed by atoms with van der Waals surface area (Å²) in [6.07, 6.45) is 3.73. The fraction of sp³-hybridized carbons (Fsp3) is 0.375. The number of amides is 2. The van der Waals surface area contributed by atoms with E-state index < -0.39 is 32.1 Å². The summed E-state index contributed by atoms with van der Waals surface area (Å²) in [7, 11) is -1.23. The molecule has 4 atom stereocenters. The van der Waals surface area contributed by atoms with Crippen LogP contribution < -0.4 is 4.90 Å². The van der Waals surface area contributed by atoms with E-state index in [9.17, 15) is 13.8 Å². The molecule has 1 aromatic carbocycles. The highest BCUT2D eigenvalue weighted by atomic mass is 32.2. The summed E-state index contributed by atoms with van der Waals surface area (Å²) in [5, 5.41) is 0. The molecular formula is C16H15NO3S. The molecule has 3 aliphatic rings. The minimum atomic E-state index is -1.23. The molecule has 0 aliphatic carbocycles. The van der Waals surface area contributed by atoms with Crippen molar-refractivity contribution in [3.63, 3.8) is 0 Å². The lowest BCUT2D eigenvalue weighted by molar-refractivity contribution is -0.122. The van der Waals surface area contributed by atoms with E-state index in [0.29, 0.717) is 5.69 Å². The van der Waals surface area contributed by atoms with Crippen LogP contribution in [-0.2, 0) is 20.4 Å².